The highest BCUT2D eigenvalue weighted by Gasteiger charge is 2.35. The first-order chi connectivity index (χ1) is 14.3. The van der Waals surface area contributed by atoms with Gasteiger partial charge in [-0.05, 0) is 39.7 Å². The quantitative estimate of drug-likeness (QED) is 0.663. The third-order valence-corrected chi connectivity index (χ3v) is 5.07. The van der Waals surface area contributed by atoms with Crippen molar-refractivity contribution >= 4 is 23.7 Å². The molecule has 1 saturated carbocycles. The molecule has 3 heterocycles. The van der Waals surface area contributed by atoms with Crippen molar-refractivity contribution in [1.29, 1.82) is 0 Å². The number of nitrogens with one attached hydrogen (secondary N) is 3. The number of halogens is 1. The molecule has 1 aliphatic heterocycles. The molecule has 0 aromatic carbocycles. The highest BCUT2D eigenvalue weighted by molar-refractivity contribution is 5.67. The third kappa shape index (κ3) is 5.17. The van der Waals surface area contributed by atoms with E-state index in [0.717, 1.165) is 5.69 Å². The molecule has 2 fully saturated rings. The average Bonchev–Trinajstić information content (AvgIpc) is 3.30. The standard InChI is InChI=1S/C20H28FN7O2/c1-20(2,3)30-19(29)23-9-13-10-28(11-14(13)21)18-22-7-6-16(25-18)24-17-8-15(26-27-17)12-4-5-12/h6-8,12-14H,4-5,9-11H2,1-3H3,(H,23,29)(H2,22,24,25,26,27)/t13-,14+/m0/s1. The van der Waals surface area contributed by atoms with Gasteiger partial charge in [-0.25, -0.2) is 14.2 Å². The van der Waals surface area contributed by atoms with E-state index in [4.69, 9.17) is 4.74 Å². The maximum Gasteiger partial charge on any atom is 0.407 e. The number of rotatable bonds is 6. The van der Waals surface area contributed by atoms with Crippen LogP contribution in [0, 0.1) is 5.92 Å². The molecule has 10 heteroatoms. The largest absolute Gasteiger partial charge is 0.444 e. The minimum Gasteiger partial charge on any atom is -0.444 e. The Morgan fingerprint density at radius 2 is 2.13 bits per heavy atom. The van der Waals surface area contributed by atoms with Crippen molar-refractivity contribution in [3.63, 3.8) is 0 Å². The van der Waals surface area contributed by atoms with Gasteiger partial charge in [-0.3, -0.25) is 5.10 Å². The van der Waals surface area contributed by atoms with Crippen molar-refractivity contribution in [3.05, 3.63) is 24.0 Å². The fourth-order valence-electron chi connectivity index (χ4n) is 3.42. The highest BCUT2D eigenvalue weighted by atomic mass is 19.1. The Morgan fingerprint density at radius 3 is 2.87 bits per heavy atom. The number of nitrogens with zero attached hydrogens (tertiary/aromatic N) is 4. The molecule has 2 aromatic heterocycles. The topological polar surface area (TPSA) is 108 Å². The molecule has 2 aliphatic rings. The first kappa shape index (κ1) is 20.4. The molecule has 0 spiro atoms. The maximum absolute atomic E-state index is 14.5. The van der Waals surface area contributed by atoms with Crippen LogP contribution in [0.1, 0.15) is 45.2 Å². The molecule has 0 unspecified atom stereocenters. The molecule has 1 aliphatic carbocycles. The van der Waals surface area contributed by atoms with Crippen molar-refractivity contribution in [2.75, 3.05) is 29.9 Å². The van der Waals surface area contributed by atoms with E-state index in [1.54, 1.807) is 37.9 Å². The second-order valence-electron chi connectivity index (χ2n) is 8.91. The molecule has 0 bridgehead atoms. The molecule has 9 nitrogen and oxygen atoms in total. The van der Waals surface area contributed by atoms with E-state index in [2.05, 4.69) is 30.8 Å². The Kier molecular flexibility index (Phi) is 5.48. The number of aromatic amines is 1. The van der Waals surface area contributed by atoms with Gasteiger partial charge in [-0.15, -0.1) is 0 Å². The molecule has 1 amide bonds. The predicted octanol–water partition coefficient (Wildman–Crippen LogP) is 3.12. The van der Waals surface area contributed by atoms with Gasteiger partial charge in [0.1, 0.15) is 17.6 Å². The molecular weight excluding hydrogens is 389 g/mol. The summed E-state index contributed by atoms with van der Waals surface area (Å²) in [5, 5.41) is 13.1. The Bertz CT molecular complexity index is 893. The summed E-state index contributed by atoms with van der Waals surface area (Å²) >= 11 is 0. The lowest BCUT2D eigenvalue weighted by Gasteiger charge is -2.21. The van der Waals surface area contributed by atoms with Crippen molar-refractivity contribution in [2.45, 2.75) is 51.3 Å². The van der Waals surface area contributed by atoms with Crippen LogP contribution < -0.4 is 15.5 Å². The number of amides is 1. The molecular formula is C20H28FN7O2. The van der Waals surface area contributed by atoms with Crippen molar-refractivity contribution in [1.82, 2.24) is 25.5 Å². The zero-order valence-electron chi connectivity index (χ0n) is 17.5. The number of H-pyrrole nitrogens is 1. The predicted molar refractivity (Wildman–Crippen MR) is 111 cm³/mol. The lowest BCUT2D eigenvalue weighted by atomic mass is 10.1. The first-order valence-corrected chi connectivity index (χ1v) is 10.3. The van der Waals surface area contributed by atoms with Gasteiger partial charge in [0.25, 0.3) is 0 Å². The summed E-state index contributed by atoms with van der Waals surface area (Å²) in [5.41, 5.74) is 0.544. The van der Waals surface area contributed by atoms with Crippen molar-refractivity contribution < 1.29 is 13.9 Å². The monoisotopic (exact) mass is 417 g/mol. The SMILES string of the molecule is CC(C)(C)OC(=O)NC[C@H]1CN(c2nccc(Nc3cc(C4CC4)[nH]n3)n2)C[C@H]1F. The lowest BCUT2D eigenvalue weighted by molar-refractivity contribution is 0.0515. The van der Waals surface area contributed by atoms with Gasteiger partial charge in [-0.1, -0.05) is 0 Å². The van der Waals surface area contributed by atoms with Crippen LogP contribution >= 0.6 is 0 Å². The minimum absolute atomic E-state index is 0.179. The van der Waals surface area contributed by atoms with Crippen LogP contribution in [0.2, 0.25) is 0 Å². The van der Waals surface area contributed by atoms with Crippen LogP contribution in [0.3, 0.4) is 0 Å². The molecule has 0 radical (unpaired) electrons. The third-order valence-electron chi connectivity index (χ3n) is 5.07. The Balaban J connectivity index is 1.33. The highest BCUT2D eigenvalue weighted by Crippen LogP contribution is 2.39. The summed E-state index contributed by atoms with van der Waals surface area (Å²) in [7, 11) is 0. The van der Waals surface area contributed by atoms with Gasteiger partial charge in [0.2, 0.25) is 5.95 Å². The number of aromatic nitrogens is 4. The van der Waals surface area contributed by atoms with Crippen LogP contribution in [0.15, 0.2) is 18.3 Å². The van der Waals surface area contributed by atoms with Crippen LogP contribution in [0.4, 0.5) is 26.8 Å². The van der Waals surface area contributed by atoms with E-state index in [-0.39, 0.29) is 19.0 Å². The Hall–Kier alpha value is -2.91. The molecule has 30 heavy (non-hydrogen) atoms. The summed E-state index contributed by atoms with van der Waals surface area (Å²) in [6, 6.07) is 3.74. The van der Waals surface area contributed by atoms with Gasteiger partial charge in [-0.2, -0.15) is 10.1 Å². The van der Waals surface area contributed by atoms with E-state index < -0.39 is 17.9 Å². The maximum atomic E-state index is 14.5. The Labute approximate surface area is 174 Å². The number of ether oxygens (including phenoxy) is 1. The molecule has 4 rings (SSSR count). The van der Waals surface area contributed by atoms with Gasteiger partial charge in [0.15, 0.2) is 5.82 Å². The van der Waals surface area contributed by atoms with Gasteiger partial charge >= 0.3 is 6.09 Å². The van der Waals surface area contributed by atoms with Gasteiger partial charge < -0.3 is 20.3 Å². The molecule has 3 N–H and O–H groups in total. The fourth-order valence-corrected chi connectivity index (χ4v) is 3.42. The minimum atomic E-state index is -1.09. The van der Waals surface area contributed by atoms with E-state index in [1.165, 1.54) is 12.8 Å². The van der Waals surface area contributed by atoms with E-state index >= 15 is 0 Å². The van der Waals surface area contributed by atoms with Gasteiger partial charge in [0.05, 0.1) is 6.54 Å². The summed E-state index contributed by atoms with van der Waals surface area (Å²) < 4.78 is 19.7. The summed E-state index contributed by atoms with van der Waals surface area (Å²) in [6.07, 6.45) is 2.40. The van der Waals surface area contributed by atoms with E-state index in [1.807, 2.05) is 6.07 Å². The van der Waals surface area contributed by atoms with E-state index in [0.29, 0.717) is 30.0 Å². The Morgan fingerprint density at radius 1 is 1.33 bits per heavy atom. The molecule has 1 saturated heterocycles. The number of hydrogen-bond donors (Lipinski definition) is 3. The van der Waals surface area contributed by atoms with Crippen LogP contribution in [-0.2, 0) is 4.74 Å². The summed E-state index contributed by atoms with van der Waals surface area (Å²) in [6.45, 7) is 6.15. The normalized spacial score (nSPS) is 21.5. The number of hydrogen-bond acceptors (Lipinski definition) is 7. The van der Waals surface area contributed by atoms with Crippen LogP contribution in [0.25, 0.3) is 0 Å². The first-order valence-electron chi connectivity index (χ1n) is 10.3. The zero-order valence-corrected chi connectivity index (χ0v) is 17.5. The van der Waals surface area contributed by atoms with Crippen LogP contribution in [-0.4, -0.2) is 57.7 Å². The average molecular weight is 417 g/mol. The fraction of sp³-hybridized carbons (Fsp3) is 0.600. The smallest absolute Gasteiger partial charge is 0.407 e. The molecule has 162 valence electrons. The van der Waals surface area contributed by atoms with Crippen LogP contribution in [0.5, 0.6) is 0 Å². The number of carbonyl (C=O) groups excluding carboxylic acids is 1. The van der Waals surface area contributed by atoms with Crippen molar-refractivity contribution in [3.8, 4) is 0 Å². The molecule has 2 atom stereocenters. The number of alkyl halides is 1. The second-order valence-corrected chi connectivity index (χ2v) is 8.91. The second kappa shape index (κ2) is 8.08. The summed E-state index contributed by atoms with van der Waals surface area (Å²) in [5.74, 6) is 1.97. The number of alkyl carbamates (subject to hydrolysis) is 1. The number of carbonyl (C=O) groups is 1. The zero-order chi connectivity index (χ0) is 21.3. The van der Waals surface area contributed by atoms with Crippen molar-refractivity contribution in [2.24, 2.45) is 5.92 Å². The molecule has 2 aromatic rings. The van der Waals surface area contributed by atoms with E-state index in [9.17, 15) is 9.18 Å². The lowest BCUT2D eigenvalue weighted by Crippen LogP contribution is -2.37. The summed E-state index contributed by atoms with van der Waals surface area (Å²) in [4.78, 5) is 22.4. The number of anilines is 3. The van der Waals surface area contributed by atoms with Gasteiger partial charge in [0, 0.05) is 42.9 Å².